The Hall–Kier alpha value is -5.25. The maximum absolute atomic E-state index is 14.6. The summed E-state index contributed by atoms with van der Waals surface area (Å²) in [6.07, 6.45) is -2.72. The number of nitrogens with one attached hydrogen (secondary N) is 2. The number of carbonyl (C=O) groups excluding carboxylic acids is 6. The molecule has 0 spiro atoms. The fraction of sp³-hybridized carbons (Fsp3) is 0.625. The average molecular weight is 977 g/mol. The molecule has 6 rings (SSSR count). The van der Waals surface area contributed by atoms with E-state index in [9.17, 15) is 28.8 Å². The van der Waals surface area contributed by atoms with Crippen molar-refractivity contribution in [2.24, 2.45) is 11.5 Å². The Morgan fingerprint density at radius 1 is 0.671 bits per heavy atom. The number of hydrogen-bond acceptors (Lipinski definition) is 14. The lowest BCUT2D eigenvalue weighted by Gasteiger charge is -2.36. The Balaban J connectivity index is 1.16. The molecule has 0 radical (unpaired) electrons. The average Bonchev–Trinajstić information content (AvgIpc) is 3.45. The molecule has 4 aliphatic rings. The standard InChI is InChI=1S/C48H70B2N6O14/c1-43(2,3)65-42(62)56-23-13-25-64-48(29-56,40(60)54-35(38(52)58)27-31-16-20-33(21-17-31)50-69-46(8,9)47(10,11)70-50)66-41(61)55-22-12-24-63-36(28-55)39(59)53-34(37(51)57)26-30-14-18-32(19-15-30)49-67-44(4,5)45(6,7)68-49/h14-21,34-36H,12-13,22-29H2,1-11H3,(H2,51,57)(H2,52,58)(H,53,59)(H,54,60)/t34-,35-,36?,48-/m0/s1. The largest absolute Gasteiger partial charge is 0.494 e. The van der Waals surface area contributed by atoms with E-state index >= 15 is 0 Å². The zero-order valence-corrected chi connectivity index (χ0v) is 42.3. The second kappa shape index (κ2) is 20.8. The number of nitrogens with zero attached hydrogens (tertiary/aromatic N) is 2. The second-order valence-corrected chi connectivity index (χ2v) is 21.3. The highest BCUT2D eigenvalue weighted by molar-refractivity contribution is 6.62. The minimum absolute atomic E-state index is 0.0241. The minimum atomic E-state index is -2.53. The summed E-state index contributed by atoms with van der Waals surface area (Å²) in [5, 5.41) is 5.29. The van der Waals surface area contributed by atoms with E-state index in [-0.39, 0.29) is 58.5 Å². The van der Waals surface area contributed by atoms with Crippen LogP contribution in [0, 0.1) is 0 Å². The van der Waals surface area contributed by atoms with Crippen molar-refractivity contribution in [3.63, 3.8) is 0 Å². The van der Waals surface area contributed by atoms with Crippen LogP contribution in [0.5, 0.6) is 0 Å². The van der Waals surface area contributed by atoms with Crippen LogP contribution < -0.4 is 33.0 Å². The van der Waals surface area contributed by atoms with Crippen LogP contribution in [0.4, 0.5) is 9.59 Å². The van der Waals surface area contributed by atoms with Gasteiger partial charge in [-0.05, 0) is 111 Å². The molecule has 22 heteroatoms. The molecule has 6 N–H and O–H groups in total. The quantitative estimate of drug-likeness (QED) is 0.208. The molecule has 4 fully saturated rings. The van der Waals surface area contributed by atoms with Crippen LogP contribution in [0.1, 0.15) is 100 Å². The molecular weight excluding hydrogens is 906 g/mol. The maximum atomic E-state index is 14.6. The van der Waals surface area contributed by atoms with Gasteiger partial charge in [-0.3, -0.25) is 19.2 Å². The molecule has 4 heterocycles. The molecule has 6 amide bonds. The SMILES string of the molecule is CC(C)(C)OC(=O)N1CCCO[C@@](OC(=O)N2CCCOC(C(=O)N[C@@H](Cc3ccc(B4OC(C)(C)C(C)(C)O4)cc3)C(N)=O)C2)(C(=O)N[C@@H](Cc2ccc(B3OC(C)(C)C(C)(C)O3)cc2)C(N)=O)C1. The summed E-state index contributed by atoms with van der Waals surface area (Å²) in [4.78, 5) is 84.4. The summed E-state index contributed by atoms with van der Waals surface area (Å²) in [5.41, 5.74) is 11.4. The summed E-state index contributed by atoms with van der Waals surface area (Å²) in [6.45, 7) is 19.7. The number of ether oxygens (including phenoxy) is 4. The molecule has 0 saturated carbocycles. The molecule has 4 aliphatic heterocycles. The summed E-state index contributed by atoms with van der Waals surface area (Å²) >= 11 is 0. The fourth-order valence-corrected chi connectivity index (χ4v) is 7.98. The van der Waals surface area contributed by atoms with Gasteiger partial charge in [0, 0.05) is 32.5 Å². The second-order valence-electron chi connectivity index (χ2n) is 21.3. The van der Waals surface area contributed by atoms with Crippen LogP contribution in [0.15, 0.2) is 48.5 Å². The molecule has 20 nitrogen and oxygen atoms in total. The van der Waals surface area contributed by atoms with Gasteiger partial charge in [-0.15, -0.1) is 0 Å². The maximum Gasteiger partial charge on any atom is 0.494 e. The van der Waals surface area contributed by atoms with Crippen molar-refractivity contribution in [2.75, 3.05) is 39.4 Å². The highest BCUT2D eigenvalue weighted by atomic mass is 16.7. The predicted molar refractivity (Wildman–Crippen MR) is 257 cm³/mol. The number of rotatable bonds is 13. The monoisotopic (exact) mass is 977 g/mol. The third kappa shape index (κ3) is 12.8. The normalized spacial score (nSPS) is 23.8. The van der Waals surface area contributed by atoms with Crippen LogP contribution in [0.2, 0.25) is 0 Å². The number of benzene rings is 2. The lowest BCUT2D eigenvalue weighted by molar-refractivity contribution is -0.209. The summed E-state index contributed by atoms with van der Waals surface area (Å²) in [6, 6.07) is 11.8. The summed E-state index contributed by atoms with van der Waals surface area (Å²) in [7, 11) is -1.22. The summed E-state index contributed by atoms with van der Waals surface area (Å²) in [5.74, 6) is -6.01. The predicted octanol–water partition coefficient (Wildman–Crippen LogP) is 1.59. The molecule has 2 aromatic carbocycles. The highest BCUT2D eigenvalue weighted by Crippen LogP contribution is 2.37. The van der Waals surface area contributed by atoms with Crippen LogP contribution in [0.3, 0.4) is 0 Å². The zero-order chi connectivity index (χ0) is 51.6. The van der Waals surface area contributed by atoms with Gasteiger partial charge < -0.3 is 69.5 Å². The van der Waals surface area contributed by atoms with Gasteiger partial charge in [-0.25, -0.2) is 9.59 Å². The first-order valence-corrected chi connectivity index (χ1v) is 23.8. The van der Waals surface area contributed by atoms with Crippen LogP contribution in [0.25, 0.3) is 0 Å². The molecule has 0 aromatic heterocycles. The van der Waals surface area contributed by atoms with Gasteiger partial charge in [-0.1, -0.05) is 48.5 Å². The molecule has 4 atom stereocenters. The Labute approximate surface area is 411 Å². The molecule has 70 heavy (non-hydrogen) atoms. The topological polar surface area (TPSA) is 259 Å². The molecule has 2 aromatic rings. The van der Waals surface area contributed by atoms with E-state index in [2.05, 4.69) is 10.6 Å². The smallest absolute Gasteiger partial charge is 0.444 e. The molecular formula is C48H70B2N6O14. The van der Waals surface area contributed by atoms with Crippen molar-refractivity contribution in [2.45, 2.75) is 154 Å². The zero-order valence-electron chi connectivity index (χ0n) is 42.3. The first-order valence-electron chi connectivity index (χ1n) is 23.8. The van der Waals surface area contributed by atoms with E-state index in [1.54, 1.807) is 57.2 Å². The molecule has 0 bridgehead atoms. The van der Waals surface area contributed by atoms with Crippen molar-refractivity contribution in [1.82, 2.24) is 20.4 Å². The van der Waals surface area contributed by atoms with E-state index < -0.39 is 109 Å². The lowest BCUT2D eigenvalue weighted by atomic mass is 9.78. The molecule has 0 aliphatic carbocycles. The lowest BCUT2D eigenvalue weighted by Crippen LogP contribution is -2.62. The van der Waals surface area contributed by atoms with Crippen molar-refractivity contribution in [3.8, 4) is 0 Å². The number of amides is 6. The van der Waals surface area contributed by atoms with Gasteiger partial charge in [0.2, 0.25) is 11.8 Å². The van der Waals surface area contributed by atoms with Crippen molar-refractivity contribution in [3.05, 3.63) is 59.7 Å². The van der Waals surface area contributed by atoms with Gasteiger partial charge in [0.1, 0.15) is 17.7 Å². The van der Waals surface area contributed by atoms with Gasteiger partial charge in [-0.2, -0.15) is 0 Å². The van der Waals surface area contributed by atoms with Gasteiger partial charge >= 0.3 is 32.2 Å². The highest BCUT2D eigenvalue weighted by Gasteiger charge is 2.54. The van der Waals surface area contributed by atoms with Crippen LogP contribution in [-0.4, -0.2) is 151 Å². The minimum Gasteiger partial charge on any atom is -0.444 e. The molecule has 1 unspecified atom stereocenters. The third-order valence-electron chi connectivity index (χ3n) is 13.6. The van der Waals surface area contributed by atoms with Crippen molar-refractivity contribution < 1.29 is 66.3 Å². The van der Waals surface area contributed by atoms with E-state index in [0.29, 0.717) is 11.1 Å². The summed E-state index contributed by atoms with van der Waals surface area (Å²) < 4.78 is 48.2. The number of hydrogen-bond donors (Lipinski definition) is 4. The van der Waals surface area contributed by atoms with Crippen LogP contribution in [-0.2, 0) is 69.6 Å². The molecule has 4 saturated heterocycles. The fourth-order valence-electron chi connectivity index (χ4n) is 7.98. The van der Waals surface area contributed by atoms with Gasteiger partial charge in [0.05, 0.1) is 42.1 Å². The van der Waals surface area contributed by atoms with Gasteiger partial charge in [0.25, 0.3) is 11.8 Å². The molecule has 382 valence electrons. The number of carbonyl (C=O) groups is 6. The van der Waals surface area contributed by atoms with Crippen LogP contribution >= 0.6 is 0 Å². The Kier molecular flexibility index (Phi) is 16.1. The number of primary amides is 2. The van der Waals surface area contributed by atoms with Crippen molar-refractivity contribution in [1.29, 1.82) is 0 Å². The Bertz CT molecular complexity index is 2220. The number of nitrogens with two attached hydrogens (primary N) is 2. The first kappa shape index (κ1) is 54.1. The van der Waals surface area contributed by atoms with Gasteiger partial charge in [0.15, 0.2) is 6.10 Å². The van der Waals surface area contributed by atoms with Crippen molar-refractivity contribution >= 4 is 61.0 Å². The van der Waals surface area contributed by atoms with E-state index in [1.165, 1.54) is 9.80 Å². The third-order valence-corrected chi connectivity index (χ3v) is 13.6. The first-order chi connectivity index (χ1) is 32.5. The van der Waals surface area contributed by atoms with E-state index in [0.717, 1.165) is 10.9 Å². The van der Waals surface area contributed by atoms with E-state index in [1.807, 2.05) is 67.5 Å². The Morgan fingerprint density at radius 2 is 1.11 bits per heavy atom. The Morgan fingerprint density at radius 3 is 1.57 bits per heavy atom. The van der Waals surface area contributed by atoms with E-state index in [4.69, 9.17) is 49.0 Å².